The molecule has 1 N–H and O–H groups in total. The zero-order valence-electron chi connectivity index (χ0n) is 17.9. The fourth-order valence-corrected chi connectivity index (χ4v) is 4.48. The van der Waals surface area contributed by atoms with Crippen LogP contribution in [0.5, 0.6) is 11.5 Å². The molecule has 3 aromatic carbocycles. The fourth-order valence-electron chi connectivity index (χ4n) is 3.58. The lowest BCUT2D eigenvalue weighted by Crippen LogP contribution is -2.03. The lowest BCUT2D eigenvalue weighted by atomic mass is 10.1. The van der Waals surface area contributed by atoms with Gasteiger partial charge in [0.1, 0.15) is 11.5 Å². The number of para-hydroxylation sites is 1. The molecule has 0 saturated carbocycles. The number of methoxy groups -OCH3 is 1. The molecule has 0 aliphatic rings. The number of thioether (sulfide) groups is 1. The van der Waals surface area contributed by atoms with Gasteiger partial charge in [-0.15, -0.1) is 10.2 Å². The van der Waals surface area contributed by atoms with Gasteiger partial charge in [-0.2, -0.15) is 0 Å². The molecule has 0 spiro atoms. The van der Waals surface area contributed by atoms with Crippen molar-refractivity contribution in [2.75, 3.05) is 19.5 Å². The number of hydrogen-bond donors (Lipinski definition) is 1. The number of fused-ring (bicyclic) bond motifs is 1. The number of hydrogen-bond acceptors (Lipinski definition) is 5. The molecule has 0 fully saturated rings. The third-order valence-electron chi connectivity index (χ3n) is 5.19. The van der Waals surface area contributed by atoms with Crippen LogP contribution in [0.1, 0.15) is 0 Å². The van der Waals surface area contributed by atoms with Gasteiger partial charge >= 0.3 is 0 Å². The molecule has 5 aromatic rings. The Kier molecular flexibility index (Phi) is 6.24. The van der Waals surface area contributed by atoms with Crippen molar-refractivity contribution in [3.05, 3.63) is 84.0 Å². The molecule has 33 heavy (non-hydrogen) atoms. The number of halogens is 1. The van der Waals surface area contributed by atoms with Gasteiger partial charge in [-0.3, -0.25) is 4.57 Å². The Morgan fingerprint density at radius 1 is 0.939 bits per heavy atom. The van der Waals surface area contributed by atoms with E-state index in [4.69, 9.17) is 21.1 Å². The fraction of sp³-hybridized carbons (Fsp3) is 0.120. The van der Waals surface area contributed by atoms with Crippen molar-refractivity contribution in [3.63, 3.8) is 0 Å². The van der Waals surface area contributed by atoms with Gasteiger partial charge in [-0.1, -0.05) is 41.6 Å². The summed E-state index contributed by atoms with van der Waals surface area (Å²) in [6, 6.07) is 23.4. The van der Waals surface area contributed by atoms with Gasteiger partial charge in [0.15, 0.2) is 11.0 Å². The predicted octanol–water partition coefficient (Wildman–Crippen LogP) is 6.25. The van der Waals surface area contributed by atoms with Crippen LogP contribution in [0.15, 0.2) is 84.1 Å². The van der Waals surface area contributed by atoms with Crippen LogP contribution in [0.4, 0.5) is 0 Å². The van der Waals surface area contributed by atoms with Crippen LogP contribution in [0.3, 0.4) is 0 Å². The first kappa shape index (κ1) is 21.4. The van der Waals surface area contributed by atoms with Crippen LogP contribution < -0.4 is 9.47 Å². The average molecular weight is 477 g/mol. The van der Waals surface area contributed by atoms with E-state index in [0.717, 1.165) is 44.6 Å². The van der Waals surface area contributed by atoms with Crippen LogP contribution in [0.25, 0.3) is 28.0 Å². The van der Waals surface area contributed by atoms with Crippen molar-refractivity contribution in [1.29, 1.82) is 0 Å². The molecule has 0 amide bonds. The highest BCUT2D eigenvalue weighted by atomic mass is 35.5. The number of aromatic nitrogens is 4. The zero-order chi connectivity index (χ0) is 22.6. The summed E-state index contributed by atoms with van der Waals surface area (Å²) < 4.78 is 13.1. The molecule has 0 radical (unpaired) electrons. The standard InChI is InChI=1S/C25H21ClN4O2S/c1-31-19-10-12-20(13-11-19)32-14-15-33-25-29-28-24(30(25)18-8-6-17(26)7-9-18)22-16-27-23-5-3-2-4-21(22)23/h2-13,16,27H,14-15H2,1H3. The summed E-state index contributed by atoms with van der Waals surface area (Å²) in [5.74, 6) is 3.09. The Balaban J connectivity index is 1.40. The molecule has 166 valence electrons. The Morgan fingerprint density at radius 3 is 2.48 bits per heavy atom. The molecule has 0 atom stereocenters. The van der Waals surface area contributed by atoms with E-state index in [1.54, 1.807) is 18.9 Å². The number of ether oxygens (including phenoxy) is 2. The maximum Gasteiger partial charge on any atom is 0.196 e. The highest BCUT2D eigenvalue weighted by molar-refractivity contribution is 7.99. The van der Waals surface area contributed by atoms with Gasteiger partial charge in [-0.05, 0) is 54.6 Å². The highest BCUT2D eigenvalue weighted by Gasteiger charge is 2.19. The van der Waals surface area contributed by atoms with Crippen molar-refractivity contribution in [3.8, 4) is 28.6 Å². The second-order valence-corrected chi connectivity index (χ2v) is 8.74. The summed E-state index contributed by atoms with van der Waals surface area (Å²) in [6.07, 6.45) is 1.97. The zero-order valence-corrected chi connectivity index (χ0v) is 19.4. The summed E-state index contributed by atoms with van der Waals surface area (Å²) in [4.78, 5) is 3.32. The van der Waals surface area contributed by atoms with Crippen LogP contribution in [0, 0.1) is 0 Å². The molecule has 2 heterocycles. The molecule has 0 unspecified atom stereocenters. The smallest absolute Gasteiger partial charge is 0.196 e. The van der Waals surface area contributed by atoms with Crippen molar-refractivity contribution in [1.82, 2.24) is 19.7 Å². The second kappa shape index (κ2) is 9.60. The van der Waals surface area contributed by atoms with E-state index >= 15 is 0 Å². The number of nitrogens with zero attached hydrogens (tertiary/aromatic N) is 3. The highest BCUT2D eigenvalue weighted by Crippen LogP contribution is 2.32. The minimum atomic E-state index is 0.535. The predicted molar refractivity (Wildman–Crippen MR) is 133 cm³/mol. The van der Waals surface area contributed by atoms with Crippen LogP contribution in [-0.4, -0.2) is 39.2 Å². The van der Waals surface area contributed by atoms with E-state index in [2.05, 4.69) is 25.8 Å². The number of rotatable bonds is 8. The number of nitrogens with one attached hydrogen (secondary N) is 1. The third kappa shape index (κ3) is 4.55. The van der Waals surface area contributed by atoms with E-state index < -0.39 is 0 Å². The summed E-state index contributed by atoms with van der Waals surface area (Å²) in [5.41, 5.74) is 3.00. The first-order valence-corrected chi connectivity index (χ1v) is 11.8. The monoisotopic (exact) mass is 476 g/mol. The molecule has 0 aliphatic heterocycles. The average Bonchev–Trinajstić information content (AvgIpc) is 3.47. The quantitative estimate of drug-likeness (QED) is 0.212. The maximum absolute atomic E-state index is 6.13. The van der Waals surface area contributed by atoms with E-state index in [9.17, 15) is 0 Å². The number of aromatic amines is 1. The largest absolute Gasteiger partial charge is 0.497 e. The van der Waals surface area contributed by atoms with Crippen LogP contribution >= 0.6 is 23.4 Å². The van der Waals surface area contributed by atoms with Gasteiger partial charge in [-0.25, -0.2) is 0 Å². The lowest BCUT2D eigenvalue weighted by molar-refractivity contribution is 0.342. The summed E-state index contributed by atoms with van der Waals surface area (Å²) in [6.45, 7) is 0.535. The van der Waals surface area contributed by atoms with Crippen LogP contribution in [-0.2, 0) is 0 Å². The van der Waals surface area contributed by atoms with E-state index in [1.807, 2.05) is 72.9 Å². The van der Waals surface area contributed by atoms with Crippen molar-refractivity contribution in [2.45, 2.75) is 5.16 Å². The van der Waals surface area contributed by atoms with Crippen molar-refractivity contribution >= 4 is 34.3 Å². The molecule has 8 heteroatoms. The SMILES string of the molecule is COc1ccc(OCCSc2nnc(-c3c[nH]c4ccccc34)n2-c2ccc(Cl)cc2)cc1. The molecule has 0 saturated heterocycles. The first-order valence-electron chi connectivity index (χ1n) is 10.4. The summed E-state index contributed by atoms with van der Waals surface area (Å²) in [5, 5.41) is 11.6. The second-order valence-electron chi connectivity index (χ2n) is 7.24. The van der Waals surface area contributed by atoms with Gasteiger partial charge in [0.2, 0.25) is 0 Å². The molecule has 5 rings (SSSR count). The lowest BCUT2D eigenvalue weighted by Gasteiger charge is -2.11. The molecular formula is C25H21ClN4O2S. The van der Waals surface area contributed by atoms with E-state index in [0.29, 0.717) is 17.4 Å². The Bertz CT molecular complexity index is 1360. The van der Waals surface area contributed by atoms with Gasteiger partial charge in [0.25, 0.3) is 0 Å². The van der Waals surface area contributed by atoms with Crippen molar-refractivity contribution in [2.24, 2.45) is 0 Å². The van der Waals surface area contributed by atoms with Crippen LogP contribution in [0.2, 0.25) is 5.02 Å². The summed E-state index contributed by atoms with van der Waals surface area (Å²) in [7, 11) is 1.65. The Labute approximate surface area is 200 Å². The van der Waals surface area contributed by atoms with Gasteiger partial charge in [0, 0.05) is 39.1 Å². The van der Waals surface area contributed by atoms with Gasteiger partial charge in [0.05, 0.1) is 13.7 Å². The molecular weight excluding hydrogens is 456 g/mol. The Hall–Kier alpha value is -3.42. The molecule has 0 bridgehead atoms. The minimum absolute atomic E-state index is 0.535. The molecule has 6 nitrogen and oxygen atoms in total. The van der Waals surface area contributed by atoms with E-state index in [1.165, 1.54) is 0 Å². The topological polar surface area (TPSA) is 65.0 Å². The normalized spacial score (nSPS) is 11.1. The van der Waals surface area contributed by atoms with Gasteiger partial charge < -0.3 is 14.5 Å². The van der Waals surface area contributed by atoms with Crippen molar-refractivity contribution < 1.29 is 9.47 Å². The van der Waals surface area contributed by atoms with E-state index in [-0.39, 0.29) is 0 Å². The summed E-state index contributed by atoms with van der Waals surface area (Å²) >= 11 is 7.73. The molecule has 2 aromatic heterocycles. The maximum atomic E-state index is 6.13. The number of benzene rings is 3. The number of H-pyrrole nitrogens is 1. The first-order chi connectivity index (χ1) is 16.2. The third-order valence-corrected chi connectivity index (χ3v) is 6.34. The Morgan fingerprint density at radius 2 is 1.70 bits per heavy atom. The molecule has 0 aliphatic carbocycles. The minimum Gasteiger partial charge on any atom is -0.497 e.